The number of rotatable bonds is 2. The van der Waals surface area contributed by atoms with Crippen LogP contribution in [0.1, 0.15) is 21.5 Å². The number of hydrogen-bond donors (Lipinski definition) is 1. The molecule has 0 aliphatic rings. The molecule has 0 bridgehead atoms. The number of benzene rings is 2. The molecule has 0 aliphatic carbocycles. The van der Waals surface area contributed by atoms with Crippen LogP contribution in [-0.2, 0) is 0 Å². The van der Waals surface area contributed by atoms with Crippen molar-refractivity contribution in [2.24, 2.45) is 0 Å². The maximum Gasteiger partial charge on any atom is 0.336 e. The zero-order valence-electron chi connectivity index (χ0n) is 12.2. The third kappa shape index (κ3) is 2.40. The Kier molecular flexibility index (Phi) is 3.71. The van der Waals surface area contributed by atoms with E-state index in [1.165, 1.54) is 0 Å². The highest BCUT2D eigenvalue weighted by molar-refractivity contribution is 9.10. The number of pyridine rings is 1. The highest BCUT2D eigenvalue weighted by Gasteiger charge is 2.18. The van der Waals surface area contributed by atoms with E-state index in [1.807, 2.05) is 56.3 Å². The molecular formula is C18H14BrNO2. The maximum atomic E-state index is 11.7. The lowest BCUT2D eigenvalue weighted by Gasteiger charge is -2.13. The summed E-state index contributed by atoms with van der Waals surface area (Å²) >= 11 is 3.41. The number of carbonyl (C=O) groups is 1. The topological polar surface area (TPSA) is 50.2 Å². The number of aryl methyl sites for hydroxylation is 1. The van der Waals surface area contributed by atoms with Crippen LogP contribution in [0.15, 0.2) is 46.9 Å². The minimum atomic E-state index is -0.922. The number of carboxylic acid groups (broad SMARTS) is 1. The van der Waals surface area contributed by atoms with Gasteiger partial charge in [-0.1, -0.05) is 46.3 Å². The third-order valence-corrected chi connectivity index (χ3v) is 4.32. The summed E-state index contributed by atoms with van der Waals surface area (Å²) in [6.07, 6.45) is 0. The van der Waals surface area contributed by atoms with E-state index in [0.717, 1.165) is 21.1 Å². The molecule has 0 radical (unpaired) electrons. The van der Waals surface area contributed by atoms with Gasteiger partial charge in [0.2, 0.25) is 0 Å². The molecule has 0 aliphatic heterocycles. The van der Waals surface area contributed by atoms with E-state index in [9.17, 15) is 9.90 Å². The Balaban J connectivity index is 2.41. The van der Waals surface area contributed by atoms with E-state index in [4.69, 9.17) is 4.98 Å². The fraction of sp³-hybridized carbons (Fsp3) is 0.111. The van der Waals surface area contributed by atoms with Gasteiger partial charge in [0.15, 0.2) is 0 Å². The molecule has 0 saturated heterocycles. The number of fused-ring (bicyclic) bond motifs is 1. The van der Waals surface area contributed by atoms with Crippen molar-refractivity contribution in [2.45, 2.75) is 13.8 Å². The molecule has 0 unspecified atom stereocenters. The number of aromatic nitrogens is 1. The van der Waals surface area contributed by atoms with Gasteiger partial charge in [0.1, 0.15) is 0 Å². The van der Waals surface area contributed by atoms with Crippen LogP contribution in [0.4, 0.5) is 0 Å². The molecule has 1 aromatic heterocycles. The van der Waals surface area contributed by atoms with Crippen molar-refractivity contribution in [1.29, 1.82) is 0 Å². The van der Waals surface area contributed by atoms with Crippen molar-refractivity contribution >= 4 is 32.8 Å². The Morgan fingerprint density at radius 3 is 2.41 bits per heavy atom. The molecule has 3 nitrogen and oxygen atoms in total. The predicted molar refractivity (Wildman–Crippen MR) is 91.3 cm³/mol. The van der Waals surface area contributed by atoms with Gasteiger partial charge in [-0.2, -0.15) is 0 Å². The minimum Gasteiger partial charge on any atom is -0.478 e. The van der Waals surface area contributed by atoms with E-state index in [-0.39, 0.29) is 0 Å². The number of carboxylic acids is 1. The van der Waals surface area contributed by atoms with Gasteiger partial charge in [-0.15, -0.1) is 0 Å². The number of nitrogens with zero attached hydrogens (tertiary/aromatic N) is 1. The molecule has 110 valence electrons. The molecular weight excluding hydrogens is 342 g/mol. The van der Waals surface area contributed by atoms with Gasteiger partial charge in [-0.25, -0.2) is 9.78 Å². The van der Waals surface area contributed by atoms with Crippen molar-refractivity contribution in [2.75, 3.05) is 0 Å². The van der Waals surface area contributed by atoms with Gasteiger partial charge in [-0.3, -0.25) is 0 Å². The standard InChI is InChI=1S/C18H14BrNO2/c1-10-4-3-5-14-15(18(21)22)11(2)17(20-16(10)14)12-6-8-13(19)9-7-12/h3-9H,1-2H3,(H,21,22). The van der Waals surface area contributed by atoms with Crippen LogP contribution in [0.25, 0.3) is 22.2 Å². The SMILES string of the molecule is Cc1c(-c2ccc(Br)cc2)nc2c(C)cccc2c1C(=O)O. The first-order chi connectivity index (χ1) is 10.5. The predicted octanol–water partition coefficient (Wildman–Crippen LogP) is 4.98. The molecule has 3 rings (SSSR count). The first-order valence-corrected chi connectivity index (χ1v) is 7.67. The zero-order valence-corrected chi connectivity index (χ0v) is 13.8. The molecule has 2 aromatic carbocycles. The van der Waals surface area contributed by atoms with Crippen LogP contribution in [-0.4, -0.2) is 16.1 Å². The van der Waals surface area contributed by atoms with E-state index < -0.39 is 5.97 Å². The van der Waals surface area contributed by atoms with Gasteiger partial charge < -0.3 is 5.11 Å². The lowest BCUT2D eigenvalue weighted by Crippen LogP contribution is -2.05. The second kappa shape index (κ2) is 5.54. The van der Waals surface area contributed by atoms with Gasteiger partial charge in [0, 0.05) is 15.4 Å². The van der Waals surface area contributed by atoms with Gasteiger partial charge in [0.25, 0.3) is 0 Å². The average Bonchev–Trinajstić information content (AvgIpc) is 2.47. The lowest BCUT2D eigenvalue weighted by molar-refractivity contribution is 0.0698. The van der Waals surface area contributed by atoms with Crippen molar-refractivity contribution in [3.63, 3.8) is 0 Å². The monoisotopic (exact) mass is 355 g/mol. The Morgan fingerprint density at radius 1 is 1.09 bits per heavy atom. The third-order valence-electron chi connectivity index (χ3n) is 3.79. The molecule has 1 N–H and O–H groups in total. The summed E-state index contributed by atoms with van der Waals surface area (Å²) in [5.74, 6) is -0.922. The van der Waals surface area contributed by atoms with E-state index in [0.29, 0.717) is 22.2 Å². The Hall–Kier alpha value is -2.20. The van der Waals surface area contributed by atoms with Crippen molar-refractivity contribution < 1.29 is 9.90 Å². The lowest BCUT2D eigenvalue weighted by atomic mass is 9.96. The summed E-state index contributed by atoms with van der Waals surface area (Å²) in [4.78, 5) is 16.5. The van der Waals surface area contributed by atoms with E-state index in [2.05, 4.69) is 15.9 Å². The van der Waals surface area contributed by atoms with Crippen LogP contribution in [0.3, 0.4) is 0 Å². The Morgan fingerprint density at radius 2 is 1.77 bits per heavy atom. The van der Waals surface area contributed by atoms with Crippen molar-refractivity contribution in [3.05, 3.63) is 63.6 Å². The molecule has 0 amide bonds. The summed E-state index contributed by atoms with van der Waals surface area (Å²) in [6, 6.07) is 13.4. The number of aromatic carboxylic acids is 1. The summed E-state index contributed by atoms with van der Waals surface area (Å²) in [5.41, 5.74) is 4.35. The molecule has 0 saturated carbocycles. The fourth-order valence-corrected chi connectivity index (χ4v) is 2.95. The highest BCUT2D eigenvalue weighted by Crippen LogP contribution is 2.31. The fourth-order valence-electron chi connectivity index (χ4n) is 2.69. The summed E-state index contributed by atoms with van der Waals surface area (Å²) < 4.78 is 0.976. The molecule has 0 spiro atoms. The maximum absolute atomic E-state index is 11.7. The molecule has 4 heteroatoms. The number of para-hydroxylation sites is 1. The first kappa shape index (κ1) is 14.7. The second-order valence-electron chi connectivity index (χ2n) is 5.24. The Labute approximate surface area is 136 Å². The molecule has 0 fully saturated rings. The first-order valence-electron chi connectivity index (χ1n) is 6.88. The minimum absolute atomic E-state index is 0.326. The second-order valence-corrected chi connectivity index (χ2v) is 6.16. The number of halogens is 1. The Bertz CT molecular complexity index is 886. The normalized spacial score (nSPS) is 10.9. The van der Waals surface area contributed by atoms with Crippen LogP contribution in [0.2, 0.25) is 0 Å². The van der Waals surface area contributed by atoms with Gasteiger partial charge >= 0.3 is 5.97 Å². The van der Waals surface area contributed by atoms with E-state index >= 15 is 0 Å². The molecule has 22 heavy (non-hydrogen) atoms. The van der Waals surface area contributed by atoms with Gasteiger partial charge in [-0.05, 0) is 37.1 Å². The number of hydrogen-bond acceptors (Lipinski definition) is 2. The van der Waals surface area contributed by atoms with Crippen LogP contribution in [0, 0.1) is 13.8 Å². The molecule has 3 aromatic rings. The average molecular weight is 356 g/mol. The quantitative estimate of drug-likeness (QED) is 0.705. The van der Waals surface area contributed by atoms with Crippen molar-refractivity contribution in [1.82, 2.24) is 4.98 Å². The van der Waals surface area contributed by atoms with Crippen LogP contribution < -0.4 is 0 Å². The largest absolute Gasteiger partial charge is 0.478 e. The van der Waals surface area contributed by atoms with Crippen molar-refractivity contribution in [3.8, 4) is 11.3 Å². The summed E-state index contributed by atoms with van der Waals surface area (Å²) in [6.45, 7) is 3.76. The zero-order chi connectivity index (χ0) is 15.9. The van der Waals surface area contributed by atoms with Crippen LogP contribution in [0.5, 0.6) is 0 Å². The summed E-state index contributed by atoms with van der Waals surface area (Å²) in [7, 11) is 0. The molecule has 1 heterocycles. The van der Waals surface area contributed by atoms with E-state index in [1.54, 1.807) is 0 Å². The smallest absolute Gasteiger partial charge is 0.336 e. The highest BCUT2D eigenvalue weighted by atomic mass is 79.9. The molecule has 0 atom stereocenters. The van der Waals surface area contributed by atoms with Gasteiger partial charge in [0.05, 0.1) is 16.8 Å². The van der Waals surface area contributed by atoms with Crippen LogP contribution >= 0.6 is 15.9 Å². The summed E-state index contributed by atoms with van der Waals surface area (Å²) in [5, 5.41) is 10.3.